The molecule has 0 radical (unpaired) electrons. The summed E-state index contributed by atoms with van der Waals surface area (Å²) in [5, 5.41) is 5.77. The number of para-hydroxylation sites is 1. The largest absolute Gasteiger partial charge is 0.496 e. The zero-order valence-corrected chi connectivity index (χ0v) is 13.8. The van der Waals surface area contributed by atoms with Gasteiger partial charge in [-0.2, -0.15) is 0 Å². The van der Waals surface area contributed by atoms with E-state index >= 15 is 0 Å². The van der Waals surface area contributed by atoms with Gasteiger partial charge >= 0.3 is 0 Å². The molecule has 0 atom stereocenters. The van der Waals surface area contributed by atoms with Crippen molar-refractivity contribution in [3.8, 4) is 17.2 Å². The van der Waals surface area contributed by atoms with E-state index in [1.165, 1.54) is 7.11 Å². The summed E-state index contributed by atoms with van der Waals surface area (Å²) in [6.07, 6.45) is 0. The first-order chi connectivity index (χ1) is 11.7. The van der Waals surface area contributed by atoms with Gasteiger partial charge in [-0.3, -0.25) is 10.1 Å². The summed E-state index contributed by atoms with van der Waals surface area (Å²) < 4.78 is 16.1. The lowest BCUT2D eigenvalue weighted by atomic mass is 10.2. The molecule has 124 valence electrons. The normalized spacial score (nSPS) is 12.2. The third kappa shape index (κ3) is 3.57. The Hall–Kier alpha value is -2.80. The third-order valence-electron chi connectivity index (χ3n) is 3.38. The molecule has 0 spiro atoms. The molecule has 2 N–H and O–H groups in total. The molecule has 24 heavy (non-hydrogen) atoms. The first-order valence-corrected chi connectivity index (χ1v) is 7.73. The van der Waals surface area contributed by atoms with E-state index in [0.717, 1.165) is 0 Å². The van der Waals surface area contributed by atoms with Gasteiger partial charge in [0.2, 0.25) is 0 Å². The highest BCUT2D eigenvalue weighted by Crippen LogP contribution is 2.32. The Kier molecular flexibility index (Phi) is 4.81. The van der Waals surface area contributed by atoms with Crippen LogP contribution in [0.1, 0.15) is 10.4 Å². The third-order valence-corrected chi connectivity index (χ3v) is 3.58. The van der Waals surface area contributed by atoms with Crippen LogP contribution in [0, 0.1) is 0 Å². The maximum absolute atomic E-state index is 12.3. The lowest BCUT2D eigenvalue weighted by Crippen LogP contribution is -2.34. The second-order valence-corrected chi connectivity index (χ2v) is 5.38. The summed E-state index contributed by atoms with van der Waals surface area (Å²) in [5.74, 6) is 1.47. The number of rotatable bonds is 3. The Labute approximate surface area is 144 Å². The van der Waals surface area contributed by atoms with Crippen molar-refractivity contribution >= 4 is 28.9 Å². The van der Waals surface area contributed by atoms with Crippen molar-refractivity contribution in [1.82, 2.24) is 5.32 Å². The first-order valence-electron chi connectivity index (χ1n) is 7.32. The maximum atomic E-state index is 12.3. The van der Waals surface area contributed by atoms with Gasteiger partial charge in [-0.1, -0.05) is 12.1 Å². The zero-order valence-electron chi connectivity index (χ0n) is 13.0. The molecule has 2 aromatic rings. The van der Waals surface area contributed by atoms with Crippen molar-refractivity contribution in [2.45, 2.75) is 0 Å². The van der Waals surface area contributed by atoms with Crippen molar-refractivity contribution in [2.75, 3.05) is 25.6 Å². The minimum atomic E-state index is -0.345. The van der Waals surface area contributed by atoms with Crippen LogP contribution in [0.5, 0.6) is 17.2 Å². The highest BCUT2D eigenvalue weighted by atomic mass is 32.1. The van der Waals surface area contributed by atoms with Crippen LogP contribution >= 0.6 is 12.2 Å². The Balaban J connectivity index is 1.66. The van der Waals surface area contributed by atoms with Gasteiger partial charge in [0.1, 0.15) is 19.0 Å². The molecule has 1 aliphatic rings. The Morgan fingerprint density at radius 1 is 1.12 bits per heavy atom. The average Bonchev–Trinajstić information content (AvgIpc) is 2.61. The van der Waals surface area contributed by atoms with E-state index in [9.17, 15) is 4.79 Å². The number of nitrogens with one attached hydrogen (secondary N) is 2. The minimum absolute atomic E-state index is 0.183. The smallest absolute Gasteiger partial charge is 0.261 e. The highest BCUT2D eigenvalue weighted by Gasteiger charge is 2.15. The van der Waals surface area contributed by atoms with Crippen LogP contribution in [0.25, 0.3) is 0 Å². The van der Waals surface area contributed by atoms with Crippen LogP contribution in [0.15, 0.2) is 42.5 Å². The molecule has 0 saturated carbocycles. The molecular formula is C17H16N2O4S. The van der Waals surface area contributed by atoms with Crippen LogP contribution < -0.4 is 24.8 Å². The van der Waals surface area contributed by atoms with E-state index in [2.05, 4.69) is 10.6 Å². The van der Waals surface area contributed by atoms with Gasteiger partial charge in [0.05, 0.1) is 12.7 Å². The highest BCUT2D eigenvalue weighted by molar-refractivity contribution is 7.80. The van der Waals surface area contributed by atoms with E-state index in [-0.39, 0.29) is 11.0 Å². The summed E-state index contributed by atoms with van der Waals surface area (Å²) >= 11 is 5.19. The van der Waals surface area contributed by atoms with Gasteiger partial charge in [0.25, 0.3) is 5.91 Å². The Morgan fingerprint density at radius 2 is 1.88 bits per heavy atom. The molecule has 1 heterocycles. The molecule has 0 bridgehead atoms. The van der Waals surface area contributed by atoms with Crippen LogP contribution in [-0.2, 0) is 0 Å². The van der Waals surface area contributed by atoms with Gasteiger partial charge in [-0.15, -0.1) is 0 Å². The number of benzene rings is 2. The topological polar surface area (TPSA) is 68.8 Å². The van der Waals surface area contributed by atoms with Crippen LogP contribution in [-0.4, -0.2) is 31.3 Å². The number of anilines is 1. The molecule has 1 aliphatic heterocycles. The summed E-state index contributed by atoms with van der Waals surface area (Å²) in [4.78, 5) is 12.3. The molecule has 0 fully saturated rings. The van der Waals surface area contributed by atoms with Gasteiger partial charge in [0.15, 0.2) is 16.6 Å². The second-order valence-electron chi connectivity index (χ2n) is 4.97. The summed E-state index contributed by atoms with van der Waals surface area (Å²) in [6, 6.07) is 12.3. The van der Waals surface area contributed by atoms with Crippen molar-refractivity contribution in [2.24, 2.45) is 0 Å². The van der Waals surface area contributed by atoms with Crippen molar-refractivity contribution in [3.05, 3.63) is 48.0 Å². The number of carbonyl (C=O) groups excluding carboxylic acids is 1. The van der Waals surface area contributed by atoms with Gasteiger partial charge in [0, 0.05) is 11.8 Å². The Bertz CT molecular complexity index is 779. The second kappa shape index (κ2) is 7.18. The number of hydrogen-bond donors (Lipinski definition) is 2. The molecule has 1 amide bonds. The Morgan fingerprint density at radius 3 is 2.67 bits per heavy atom. The molecule has 6 nitrogen and oxygen atoms in total. The van der Waals surface area contributed by atoms with E-state index in [4.69, 9.17) is 26.4 Å². The van der Waals surface area contributed by atoms with Crippen molar-refractivity contribution < 1.29 is 19.0 Å². The van der Waals surface area contributed by atoms with Crippen LogP contribution in [0.2, 0.25) is 0 Å². The van der Waals surface area contributed by atoms with Crippen molar-refractivity contribution in [3.63, 3.8) is 0 Å². The standard InChI is InChI=1S/C17H16N2O4S/c1-21-13-5-3-2-4-12(13)16(20)19-17(24)18-11-6-7-14-15(10-11)23-9-8-22-14/h2-7,10H,8-9H2,1H3,(H2,18,19,20,24). The van der Waals surface area contributed by atoms with Crippen molar-refractivity contribution in [1.29, 1.82) is 0 Å². The number of thiocarbonyl (C=S) groups is 1. The monoisotopic (exact) mass is 344 g/mol. The number of hydrogen-bond acceptors (Lipinski definition) is 5. The summed E-state index contributed by atoms with van der Waals surface area (Å²) in [6.45, 7) is 1.04. The number of fused-ring (bicyclic) bond motifs is 1. The number of methoxy groups -OCH3 is 1. The van der Waals surface area contributed by atoms with Crippen LogP contribution in [0.3, 0.4) is 0 Å². The SMILES string of the molecule is COc1ccccc1C(=O)NC(=S)Nc1ccc2c(c1)OCCO2. The maximum Gasteiger partial charge on any atom is 0.261 e. The quantitative estimate of drug-likeness (QED) is 0.834. The van der Waals surface area contributed by atoms with Gasteiger partial charge < -0.3 is 19.5 Å². The van der Waals surface area contributed by atoms with Gasteiger partial charge in [-0.05, 0) is 36.5 Å². The number of amides is 1. The zero-order chi connectivity index (χ0) is 16.9. The predicted molar refractivity (Wildman–Crippen MR) is 94.1 cm³/mol. The molecule has 2 aromatic carbocycles. The summed E-state index contributed by atoms with van der Waals surface area (Å²) in [5.41, 5.74) is 1.11. The molecular weight excluding hydrogens is 328 g/mol. The first kappa shape index (κ1) is 16.1. The molecule has 0 aliphatic carbocycles. The fraction of sp³-hybridized carbons (Fsp3) is 0.176. The van der Waals surface area contributed by atoms with E-state index in [1.807, 2.05) is 0 Å². The van der Waals surface area contributed by atoms with E-state index in [1.54, 1.807) is 42.5 Å². The minimum Gasteiger partial charge on any atom is -0.496 e. The van der Waals surface area contributed by atoms with E-state index in [0.29, 0.717) is 41.7 Å². The lowest BCUT2D eigenvalue weighted by molar-refractivity contribution is 0.0975. The van der Waals surface area contributed by atoms with Gasteiger partial charge in [-0.25, -0.2) is 0 Å². The predicted octanol–water partition coefficient (Wildman–Crippen LogP) is 2.59. The molecule has 0 aromatic heterocycles. The molecule has 0 unspecified atom stereocenters. The molecule has 7 heteroatoms. The van der Waals surface area contributed by atoms with E-state index < -0.39 is 0 Å². The average molecular weight is 344 g/mol. The molecule has 3 rings (SSSR count). The number of ether oxygens (including phenoxy) is 3. The molecule has 0 saturated heterocycles. The fourth-order valence-electron chi connectivity index (χ4n) is 2.29. The van der Waals surface area contributed by atoms with Crippen LogP contribution in [0.4, 0.5) is 5.69 Å². The summed E-state index contributed by atoms with van der Waals surface area (Å²) in [7, 11) is 1.51. The fourth-order valence-corrected chi connectivity index (χ4v) is 2.50. The lowest BCUT2D eigenvalue weighted by Gasteiger charge is -2.19. The number of carbonyl (C=O) groups is 1.